The van der Waals surface area contributed by atoms with E-state index in [9.17, 15) is 0 Å². The van der Waals surface area contributed by atoms with E-state index < -0.39 is 0 Å². The van der Waals surface area contributed by atoms with Crippen LogP contribution >= 0.6 is 0 Å². The standard InChI is InChI=1S/C27H27N3/c1-19(21-15-17-23(18-16-21)22-9-4-3-5-10-22)29-20(2)30-27(28)26-14-8-12-24-11-6-7-13-25(24)26/h3-20,29H,1-2H3,(H2,28,30). The molecule has 150 valence electrons. The Balaban J connectivity index is 1.47. The number of nitrogens with two attached hydrogens (primary N) is 1. The lowest BCUT2D eigenvalue weighted by Crippen LogP contribution is -2.30. The van der Waals surface area contributed by atoms with Crippen LogP contribution in [0.15, 0.2) is 102 Å². The van der Waals surface area contributed by atoms with Crippen molar-refractivity contribution in [3.8, 4) is 11.1 Å². The van der Waals surface area contributed by atoms with Crippen LogP contribution in [-0.4, -0.2) is 12.0 Å². The van der Waals surface area contributed by atoms with Gasteiger partial charge in [-0.05, 0) is 41.3 Å². The first-order valence-corrected chi connectivity index (χ1v) is 10.3. The van der Waals surface area contributed by atoms with Crippen LogP contribution in [0.3, 0.4) is 0 Å². The SMILES string of the molecule is CC(/N=C(\N)c1cccc2ccccc12)NC(C)c1ccc(-c2ccccc2)cc1. The lowest BCUT2D eigenvalue weighted by Gasteiger charge is -2.19. The van der Waals surface area contributed by atoms with Crippen molar-refractivity contribution in [2.24, 2.45) is 10.7 Å². The van der Waals surface area contributed by atoms with Crippen molar-refractivity contribution in [2.45, 2.75) is 26.1 Å². The molecule has 0 heterocycles. The van der Waals surface area contributed by atoms with Gasteiger partial charge in [0, 0.05) is 11.6 Å². The van der Waals surface area contributed by atoms with Crippen LogP contribution in [0.4, 0.5) is 0 Å². The van der Waals surface area contributed by atoms with Crippen LogP contribution in [0.5, 0.6) is 0 Å². The van der Waals surface area contributed by atoms with Gasteiger partial charge in [0.15, 0.2) is 0 Å². The average Bonchev–Trinajstić information content (AvgIpc) is 2.79. The molecule has 0 aromatic heterocycles. The molecule has 30 heavy (non-hydrogen) atoms. The van der Waals surface area contributed by atoms with Crippen molar-refractivity contribution in [1.29, 1.82) is 0 Å². The van der Waals surface area contributed by atoms with E-state index in [1.807, 2.05) is 37.3 Å². The van der Waals surface area contributed by atoms with E-state index in [1.165, 1.54) is 22.1 Å². The summed E-state index contributed by atoms with van der Waals surface area (Å²) in [4.78, 5) is 4.71. The highest BCUT2D eigenvalue weighted by Gasteiger charge is 2.11. The van der Waals surface area contributed by atoms with Crippen LogP contribution in [0.2, 0.25) is 0 Å². The van der Waals surface area contributed by atoms with Crippen molar-refractivity contribution in [3.05, 3.63) is 108 Å². The molecule has 3 N–H and O–H groups in total. The Hall–Kier alpha value is -3.43. The minimum atomic E-state index is -0.104. The van der Waals surface area contributed by atoms with Crippen LogP contribution in [-0.2, 0) is 0 Å². The van der Waals surface area contributed by atoms with Gasteiger partial charge in [0.05, 0.1) is 6.17 Å². The first kappa shape index (κ1) is 19.9. The number of aliphatic imine (C=N–C) groups is 1. The monoisotopic (exact) mass is 393 g/mol. The molecule has 0 radical (unpaired) electrons. The fourth-order valence-corrected chi connectivity index (χ4v) is 3.82. The Morgan fingerprint density at radius 2 is 1.37 bits per heavy atom. The zero-order chi connectivity index (χ0) is 20.9. The second-order valence-corrected chi connectivity index (χ2v) is 7.59. The van der Waals surface area contributed by atoms with Gasteiger partial charge in [-0.25, -0.2) is 4.99 Å². The number of hydrogen-bond donors (Lipinski definition) is 2. The van der Waals surface area contributed by atoms with E-state index in [4.69, 9.17) is 10.7 Å². The second-order valence-electron chi connectivity index (χ2n) is 7.59. The Morgan fingerprint density at radius 3 is 2.13 bits per heavy atom. The summed E-state index contributed by atoms with van der Waals surface area (Å²) in [5.74, 6) is 0.554. The third-order valence-electron chi connectivity index (χ3n) is 5.41. The predicted molar refractivity (Wildman–Crippen MR) is 128 cm³/mol. The molecule has 4 aromatic carbocycles. The molecule has 0 aliphatic heterocycles. The largest absolute Gasteiger partial charge is 0.383 e. The average molecular weight is 394 g/mol. The van der Waals surface area contributed by atoms with Crippen LogP contribution in [0, 0.1) is 0 Å². The first-order valence-electron chi connectivity index (χ1n) is 10.3. The van der Waals surface area contributed by atoms with Crippen LogP contribution < -0.4 is 11.1 Å². The second kappa shape index (κ2) is 8.93. The summed E-state index contributed by atoms with van der Waals surface area (Å²) in [6.07, 6.45) is -0.104. The number of amidine groups is 1. The summed E-state index contributed by atoms with van der Waals surface area (Å²) < 4.78 is 0. The lowest BCUT2D eigenvalue weighted by atomic mass is 10.0. The third-order valence-corrected chi connectivity index (χ3v) is 5.41. The summed E-state index contributed by atoms with van der Waals surface area (Å²) in [6.45, 7) is 4.18. The summed E-state index contributed by atoms with van der Waals surface area (Å²) in [6, 6.07) is 33.6. The minimum absolute atomic E-state index is 0.104. The van der Waals surface area contributed by atoms with Crippen molar-refractivity contribution >= 4 is 16.6 Å². The van der Waals surface area contributed by atoms with E-state index >= 15 is 0 Å². The maximum Gasteiger partial charge on any atom is 0.128 e. The molecule has 4 rings (SSSR count). The van der Waals surface area contributed by atoms with Gasteiger partial charge in [-0.1, -0.05) is 97.1 Å². The van der Waals surface area contributed by atoms with Gasteiger partial charge in [0.25, 0.3) is 0 Å². The zero-order valence-corrected chi connectivity index (χ0v) is 17.4. The molecular formula is C27H27N3. The normalized spacial score (nSPS) is 13.9. The highest BCUT2D eigenvalue weighted by molar-refractivity contribution is 6.09. The number of benzene rings is 4. The molecule has 3 heteroatoms. The van der Waals surface area contributed by atoms with Gasteiger partial charge in [0.1, 0.15) is 5.84 Å². The van der Waals surface area contributed by atoms with E-state index in [2.05, 4.69) is 79.0 Å². The Bertz CT molecular complexity index is 1140. The van der Waals surface area contributed by atoms with Crippen molar-refractivity contribution < 1.29 is 0 Å². The summed E-state index contributed by atoms with van der Waals surface area (Å²) >= 11 is 0. The fourth-order valence-electron chi connectivity index (χ4n) is 3.82. The quantitative estimate of drug-likeness (QED) is 0.316. The van der Waals surface area contributed by atoms with Crippen molar-refractivity contribution in [1.82, 2.24) is 5.32 Å². The molecule has 3 nitrogen and oxygen atoms in total. The van der Waals surface area contributed by atoms with Crippen molar-refractivity contribution in [3.63, 3.8) is 0 Å². The Kier molecular flexibility index (Phi) is 5.92. The van der Waals surface area contributed by atoms with Gasteiger partial charge >= 0.3 is 0 Å². The van der Waals surface area contributed by atoms with Gasteiger partial charge in [-0.15, -0.1) is 0 Å². The topological polar surface area (TPSA) is 50.4 Å². The predicted octanol–water partition coefficient (Wildman–Crippen LogP) is 5.91. The summed E-state index contributed by atoms with van der Waals surface area (Å²) in [5, 5.41) is 5.83. The number of rotatable bonds is 6. The Labute approximate surface area is 178 Å². The maximum absolute atomic E-state index is 6.37. The van der Waals surface area contributed by atoms with E-state index in [1.54, 1.807) is 0 Å². The first-order chi connectivity index (χ1) is 14.6. The highest BCUT2D eigenvalue weighted by Crippen LogP contribution is 2.22. The Morgan fingerprint density at radius 1 is 0.733 bits per heavy atom. The number of hydrogen-bond acceptors (Lipinski definition) is 2. The van der Waals surface area contributed by atoms with Crippen molar-refractivity contribution in [2.75, 3.05) is 0 Å². The van der Waals surface area contributed by atoms with E-state index in [0.717, 1.165) is 10.9 Å². The maximum atomic E-state index is 6.37. The van der Waals surface area contributed by atoms with E-state index in [0.29, 0.717) is 5.84 Å². The summed E-state index contributed by atoms with van der Waals surface area (Å²) in [7, 11) is 0. The highest BCUT2D eigenvalue weighted by atomic mass is 15.1. The minimum Gasteiger partial charge on any atom is -0.383 e. The number of nitrogens with one attached hydrogen (secondary N) is 1. The smallest absolute Gasteiger partial charge is 0.128 e. The molecule has 0 aliphatic carbocycles. The molecule has 0 spiro atoms. The molecule has 0 aliphatic rings. The molecule has 2 unspecified atom stereocenters. The van der Waals surface area contributed by atoms with Gasteiger partial charge < -0.3 is 5.73 Å². The molecule has 0 bridgehead atoms. The van der Waals surface area contributed by atoms with Gasteiger partial charge in [-0.2, -0.15) is 0 Å². The summed E-state index contributed by atoms with van der Waals surface area (Å²) in [5.41, 5.74) is 11.0. The number of fused-ring (bicyclic) bond motifs is 1. The molecular weight excluding hydrogens is 366 g/mol. The van der Waals surface area contributed by atoms with Crippen LogP contribution in [0.1, 0.15) is 31.0 Å². The zero-order valence-electron chi connectivity index (χ0n) is 17.4. The molecule has 0 saturated heterocycles. The molecule has 0 saturated carbocycles. The van der Waals surface area contributed by atoms with Crippen LogP contribution in [0.25, 0.3) is 21.9 Å². The number of nitrogens with zero attached hydrogens (tertiary/aromatic N) is 1. The molecule has 0 amide bonds. The van der Waals surface area contributed by atoms with Gasteiger partial charge in [0.2, 0.25) is 0 Å². The molecule has 2 atom stereocenters. The molecule has 4 aromatic rings. The lowest BCUT2D eigenvalue weighted by molar-refractivity contribution is 0.493. The molecule has 0 fully saturated rings. The van der Waals surface area contributed by atoms with Gasteiger partial charge in [-0.3, -0.25) is 5.32 Å². The fraction of sp³-hybridized carbons (Fsp3) is 0.148. The third kappa shape index (κ3) is 4.42. The van der Waals surface area contributed by atoms with E-state index in [-0.39, 0.29) is 12.2 Å².